The quantitative estimate of drug-likeness (QED) is 0.397. The lowest BCUT2D eigenvalue weighted by Gasteiger charge is -2.38. The number of carbonyl (C=O) groups excluding carboxylic acids is 1. The molecule has 1 fully saturated rings. The van der Waals surface area contributed by atoms with Gasteiger partial charge < -0.3 is 10.0 Å². The zero-order chi connectivity index (χ0) is 25.5. The molecule has 11 heteroatoms. The summed E-state index contributed by atoms with van der Waals surface area (Å²) in [6.45, 7) is 0.300. The number of nitrogens with zero attached hydrogens (tertiary/aromatic N) is 2. The average Bonchev–Trinajstić information content (AvgIpc) is 3.35. The standard InChI is InChI=1S/C25H21F2N3O4S2/c26-19-4-1-3-18(22(19)27)25(32)11-13-30(14-12-25)24(31)16-7-9-17(10-8-16)29-36(33,34)21-6-2-5-20-23(21)28-15-35-20/h1-10,15,29,32H,11-14H2. The number of piperidine rings is 1. The Kier molecular flexibility index (Phi) is 6.23. The molecule has 1 aromatic heterocycles. The lowest BCUT2D eigenvalue weighted by molar-refractivity contribution is -0.0240. The summed E-state index contributed by atoms with van der Waals surface area (Å²) < 4.78 is 56.9. The number of amides is 1. The number of anilines is 1. The van der Waals surface area contributed by atoms with E-state index in [2.05, 4.69) is 9.71 Å². The number of halogens is 2. The van der Waals surface area contributed by atoms with Gasteiger partial charge in [-0.25, -0.2) is 22.2 Å². The van der Waals surface area contributed by atoms with Crippen molar-refractivity contribution in [2.24, 2.45) is 0 Å². The molecule has 0 bridgehead atoms. The van der Waals surface area contributed by atoms with Crippen molar-refractivity contribution in [1.29, 1.82) is 0 Å². The fraction of sp³-hybridized carbons (Fsp3) is 0.200. The Morgan fingerprint density at radius 3 is 2.44 bits per heavy atom. The van der Waals surface area contributed by atoms with Crippen molar-refractivity contribution in [3.8, 4) is 0 Å². The highest BCUT2D eigenvalue weighted by molar-refractivity contribution is 7.93. The van der Waals surface area contributed by atoms with Crippen molar-refractivity contribution in [2.75, 3.05) is 17.8 Å². The van der Waals surface area contributed by atoms with Gasteiger partial charge in [-0.3, -0.25) is 9.52 Å². The number of hydrogen-bond acceptors (Lipinski definition) is 6. The van der Waals surface area contributed by atoms with E-state index in [0.717, 1.165) is 10.8 Å². The van der Waals surface area contributed by atoms with E-state index in [1.54, 1.807) is 17.6 Å². The lowest BCUT2D eigenvalue weighted by atomic mass is 9.84. The molecule has 7 nitrogen and oxygen atoms in total. The number of aliphatic hydroxyl groups is 1. The second kappa shape index (κ2) is 9.23. The molecule has 186 valence electrons. The molecule has 1 saturated heterocycles. The molecule has 0 unspecified atom stereocenters. The third-order valence-corrected chi connectivity index (χ3v) is 8.53. The van der Waals surface area contributed by atoms with E-state index >= 15 is 0 Å². The van der Waals surface area contributed by atoms with Crippen molar-refractivity contribution in [3.63, 3.8) is 0 Å². The topological polar surface area (TPSA) is 99.6 Å². The fourth-order valence-corrected chi connectivity index (χ4v) is 6.36. The van der Waals surface area contributed by atoms with Crippen molar-refractivity contribution in [3.05, 3.63) is 88.9 Å². The minimum Gasteiger partial charge on any atom is -0.385 e. The monoisotopic (exact) mass is 529 g/mol. The number of thiazole rings is 1. The van der Waals surface area contributed by atoms with E-state index in [4.69, 9.17) is 0 Å². The summed E-state index contributed by atoms with van der Waals surface area (Å²) in [5, 5.41) is 10.9. The SMILES string of the molecule is O=C(c1ccc(NS(=O)(=O)c2cccc3scnc23)cc1)N1CCC(O)(c2cccc(F)c2F)CC1. The van der Waals surface area contributed by atoms with Crippen LogP contribution in [0.15, 0.2) is 71.1 Å². The van der Waals surface area contributed by atoms with E-state index in [1.807, 2.05) is 0 Å². The summed E-state index contributed by atoms with van der Waals surface area (Å²) in [6, 6.07) is 14.6. The molecule has 5 rings (SSSR count). The van der Waals surface area contributed by atoms with Crippen LogP contribution in [0.4, 0.5) is 14.5 Å². The second-order valence-electron chi connectivity index (χ2n) is 8.56. The molecular weight excluding hydrogens is 508 g/mol. The largest absolute Gasteiger partial charge is 0.385 e. The summed E-state index contributed by atoms with van der Waals surface area (Å²) in [5.41, 5.74) is 0.922. The Labute approximate surface area is 210 Å². The maximum atomic E-state index is 14.2. The van der Waals surface area contributed by atoms with Gasteiger partial charge in [0.15, 0.2) is 11.6 Å². The molecule has 4 aromatic rings. The van der Waals surface area contributed by atoms with E-state index in [-0.39, 0.29) is 48.0 Å². The highest BCUT2D eigenvalue weighted by Gasteiger charge is 2.38. The Balaban J connectivity index is 1.27. The van der Waals surface area contributed by atoms with E-state index < -0.39 is 27.3 Å². The molecule has 2 heterocycles. The molecule has 3 aromatic carbocycles. The van der Waals surface area contributed by atoms with Crippen LogP contribution >= 0.6 is 11.3 Å². The van der Waals surface area contributed by atoms with Gasteiger partial charge in [0.05, 0.1) is 15.8 Å². The van der Waals surface area contributed by atoms with Crippen LogP contribution in [0, 0.1) is 11.6 Å². The van der Waals surface area contributed by atoms with E-state index in [0.29, 0.717) is 11.1 Å². The van der Waals surface area contributed by atoms with Crippen molar-refractivity contribution in [2.45, 2.75) is 23.3 Å². The Hall–Kier alpha value is -3.41. The van der Waals surface area contributed by atoms with Gasteiger partial charge in [-0.1, -0.05) is 18.2 Å². The van der Waals surface area contributed by atoms with Crippen molar-refractivity contribution in [1.82, 2.24) is 9.88 Å². The zero-order valence-electron chi connectivity index (χ0n) is 18.8. The van der Waals surface area contributed by atoms with Gasteiger partial charge in [0.1, 0.15) is 10.4 Å². The summed E-state index contributed by atoms with van der Waals surface area (Å²) in [4.78, 5) is 18.7. The molecule has 0 saturated carbocycles. The maximum absolute atomic E-state index is 14.2. The number of nitrogens with one attached hydrogen (secondary N) is 1. The van der Waals surface area contributed by atoms with Gasteiger partial charge in [0.2, 0.25) is 0 Å². The van der Waals surface area contributed by atoms with Crippen LogP contribution in [0.5, 0.6) is 0 Å². The van der Waals surface area contributed by atoms with Crippen LogP contribution in [0.2, 0.25) is 0 Å². The maximum Gasteiger partial charge on any atom is 0.264 e. The van der Waals surface area contributed by atoms with Crippen LogP contribution in [-0.2, 0) is 15.6 Å². The number of aromatic nitrogens is 1. The molecule has 0 aliphatic carbocycles. The van der Waals surface area contributed by atoms with Crippen molar-refractivity contribution < 1.29 is 27.1 Å². The van der Waals surface area contributed by atoms with Gasteiger partial charge in [-0.05, 0) is 55.3 Å². The fourth-order valence-electron chi connectivity index (χ4n) is 4.36. The van der Waals surface area contributed by atoms with E-state index in [9.17, 15) is 27.1 Å². The molecule has 0 radical (unpaired) electrons. The number of para-hydroxylation sites is 1. The smallest absolute Gasteiger partial charge is 0.264 e. The Morgan fingerprint density at radius 1 is 1.03 bits per heavy atom. The van der Waals surface area contributed by atoms with E-state index in [1.165, 1.54) is 58.7 Å². The van der Waals surface area contributed by atoms with Crippen LogP contribution in [-0.4, -0.2) is 42.4 Å². The molecule has 1 aliphatic heterocycles. The molecule has 0 atom stereocenters. The first-order valence-corrected chi connectivity index (χ1v) is 13.5. The molecule has 1 aliphatic rings. The third-order valence-electron chi connectivity index (χ3n) is 6.33. The van der Waals surface area contributed by atoms with Gasteiger partial charge in [0, 0.05) is 29.9 Å². The summed E-state index contributed by atoms with van der Waals surface area (Å²) in [5.74, 6) is -2.42. The number of carbonyl (C=O) groups is 1. The number of hydrogen-bond donors (Lipinski definition) is 2. The first-order valence-electron chi connectivity index (χ1n) is 11.1. The molecular formula is C25H21F2N3O4S2. The number of rotatable bonds is 5. The predicted molar refractivity (Wildman–Crippen MR) is 132 cm³/mol. The average molecular weight is 530 g/mol. The Morgan fingerprint density at radius 2 is 1.72 bits per heavy atom. The molecule has 2 N–H and O–H groups in total. The van der Waals surface area contributed by atoms with Gasteiger partial charge in [0.25, 0.3) is 15.9 Å². The molecule has 0 spiro atoms. The minimum absolute atomic E-state index is 0.0547. The highest BCUT2D eigenvalue weighted by Crippen LogP contribution is 2.35. The molecule has 1 amide bonds. The van der Waals surface area contributed by atoms with Crippen LogP contribution < -0.4 is 4.72 Å². The predicted octanol–water partition coefficient (Wildman–Crippen LogP) is 4.50. The second-order valence-corrected chi connectivity index (χ2v) is 11.1. The summed E-state index contributed by atoms with van der Waals surface area (Å²) >= 11 is 1.35. The zero-order valence-corrected chi connectivity index (χ0v) is 20.5. The third kappa shape index (κ3) is 4.45. The number of likely N-dealkylation sites (tertiary alicyclic amines) is 1. The first kappa shape index (κ1) is 24.3. The first-order chi connectivity index (χ1) is 17.2. The van der Waals surface area contributed by atoms with Crippen LogP contribution in [0.1, 0.15) is 28.8 Å². The van der Waals surface area contributed by atoms with Crippen LogP contribution in [0.25, 0.3) is 10.2 Å². The highest BCUT2D eigenvalue weighted by atomic mass is 32.2. The van der Waals surface area contributed by atoms with Gasteiger partial charge >= 0.3 is 0 Å². The lowest BCUT2D eigenvalue weighted by Crippen LogP contribution is -2.45. The van der Waals surface area contributed by atoms with Gasteiger partial charge in [-0.15, -0.1) is 11.3 Å². The van der Waals surface area contributed by atoms with Crippen LogP contribution in [0.3, 0.4) is 0 Å². The normalized spacial score (nSPS) is 15.7. The summed E-state index contributed by atoms with van der Waals surface area (Å²) in [6.07, 6.45) is 0.109. The number of fused-ring (bicyclic) bond motifs is 1. The van der Waals surface area contributed by atoms with Gasteiger partial charge in [-0.2, -0.15) is 0 Å². The van der Waals surface area contributed by atoms with Crippen molar-refractivity contribution >= 4 is 43.2 Å². The molecule has 36 heavy (non-hydrogen) atoms. The number of sulfonamides is 1. The number of benzene rings is 3. The summed E-state index contributed by atoms with van der Waals surface area (Å²) in [7, 11) is -3.90. The minimum atomic E-state index is -3.90. The Bertz CT molecular complexity index is 1550.